The summed E-state index contributed by atoms with van der Waals surface area (Å²) in [5.41, 5.74) is 0. The minimum absolute atomic E-state index is 0.266. The van der Waals surface area contributed by atoms with Crippen molar-refractivity contribution in [2.45, 2.75) is 66.2 Å². The Labute approximate surface area is 116 Å². The van der Waals surface area contributed by atoms with Crippen molar-refractivity contribution in [3.63, 3.8) is 0 Å². The number of hydrogen-bond acceptors (Lipinski definition) is 4. The SMILES string of the molecule is CC(C)C(=O)C1CC1.CC(C)c1noc(C(C)C)n1. The van der Waals surface area contributed by atoms with Crippen molar-refractivity contribution in [1.82, 2.24) is 10.1 Å². The zero-order valence-corrected chi connectivity index (χ0v) is 12.9. The van der Waals surface area contributed by atoms with E-state index < -0.39 is 0 Å². The molecule has 0 spiro atoms. The average molecular weight is 266 g/mol. The quantitative estimate of drug-likeness (QED) is 0.828. The first-order chi connectivity index (χ1) is 8.82. The molecule has 2 rings (SSSR count). The van der Waals surface area contributed by atoms with E-state index in [2.05, 4.69) is 24.0 Å². The van der Waals surface area contributed by atoms with E-state index in [-0.39, 0.29) is 5.92 Å². The molecule has 1 aliphatic rings. The Hall–Kier alpha value is -1.19. The zero-order valence-electron chi connectivity index (χ0n) is 12.9. The van der Waals surface area contributed by atoms with Crippen LogP contribution in [0.15, 0.2) is 4.52 Å². The van der Waals surface area contributed by atoms with E-state index in [0.29, 0.717) is 23.5 Å². The van der Waals surface area contributed by atoms with Crippen LogP contribution >= 0.6 is 0 Å². The molecule has 0 aliphatic heterocycles. The van der Waals surface area contributed by atoms with Crippen LogP contribution < -0.4 is 0 Å². The lowest BCUT2D eigenvalue weighted by atomic mass is 10.1. The Morgan fingerprint density at radius 3 is 1.89 bits per heavy atom. The van der Waals surface area contributed by atoms with E-state index in [4.69, 9.17) is 4.52 Å². The van der Waals surface area contributed by atoms with Crippen LogP contribution in [0.25, 0.3) is 0 Å². The van der Waals surface area contributed by atoms with Gasteiger partial charge in [-0.25, -0.2) is 0 Å². The molecule has 1 aromatic rings. The Kier molecular flexibility index (Phi) is 5.70. The van der Waals surface area contributed by atoms with Crippen molar-refractivity contribution in [2.75, 3.05) is 0 Å². The highest BCUT2D eigenvalue weighted by Crippen LogP contribution is 2.32. The topological polar surface area (TPSA) is 56.0 Å². The Bertz CT molecular complexity index is 378. The lowest BCUT2D eigenvalue weighted by Gasteiger charge is -1.98. The molecule has 4 heteroatoms. The van der Waals surface area contributed by atoms with Crippen molar-refractivity contribution >= 4 is 5.78 Å². The summed E-state index contributed by atoms with van der Waals surface area (Å²) < 4.78 is 5.03. The lowest BCUT2D eigenvalue weighted by Crippen LogP contribution is -2.08. The number of nitrogens with zero attached hydrogens (tertiary/aromatic N) is 2. The maximum absolute atomic E-state index is 10.9. The monoisotopic (exact) mass is 266 g/mol. The highest BCUT2D eigenvalue weighted by molar-refractivity contribution is 5.84. The van der Waals surface area contributed by atoms with Gasteiger partial charge in [0, 0.05) is 23.7 Å². The third-order valence-corrected chi connectivity index (χ3v) is 3.02. The first-order valence-corrected chi connectivity index (χ1v) is 7.20. The highest BCUT2D eigenvalue weighted by atomic mass is 16.5. The maximum atomic E-state index is 10.9. The minimum atomic E-state index is 0.266. The minimum Gasteiger partial charge on any atom is -0.339 e. The van der Waals surface area contributed by atoms with Crippen LogP contribution in [-0.2, 0) is 4.79 Å². The summed E-state index contributed by atoms with van der Waals surface area (Å²) >= 11 is 0. The van der Waals surface area contributed by atoms with Gasteiger partial charge < -0.3 is 4.52 Å². The molecular formula is C15H26N2O2. The summed E-state index contributed by atoms with van der Waals surface area (Å²) in [5.74, 6) is 3.39. The molecule has 1 aliphatic carbocycles. The summed E-state index contributed by atoms with van der Waals surface area (Å²) in [6.07, 6.45) is 2.30. The molecule has 1 fully saturated rings. The molecule has 0 bridgehead atoms. The van der Waals surface area contributed by atoms with Crippen LogP contribution in [0.4, 0.5) is 0 Å². The fourth-order valence-corrected chi connectivity index (χ4v) is 1.56. The third-order valence-electron chi connectivity index (χ3n) is 3.02. The first kappa shape index (κ1) is 15.9. The second kappa shape index (κ2) is 6.83. The number of Topliss-reactive ketones (excluding diaryl/α,β-unsaturated/α-hetero) is 1. The van der Waals surface area contributed by atoms with E-state index in [1.54, 1.807) is 0 Å². The number of carbonyl (C=O) groups excluding carboxylic acids is 1. The van der Waals surface area contributed by atoms with Gasteiger partial charge in [-0.3, -0.25) is 4.79 Å². The van der Waals surface area contributed by atoms with Crippen LogP contribution in [0.1, 0.15) is 77.9 Å². The standard InChI is InChI=1S/C8H14N2O.C7H12O/c1-5(2)7-9-8(6(3)4)11-10-7;1-5(2)7(8)6-3-4-6/h5-6H,1-4H3;5-6H,3-4H2,1-2H3. The smallest absolute Gasteiger partial charge is 0.229 e. The molecule has 1 saturated carbocycles. The molecule has 0 aromatic carbocycles. The van der Waals surface area contributed by atoms with E-state index >= 15 is 0 Å². The van der Waals surface area contributed by atoms with Crippen LogP contribution in [0.2, 0.25) is 0 Å². The molecule has 108 valence electrons. The van der Waals surface area contributed by atoms with Gasteiger partial charge in [0.25, 0.3) is 0 Å². The van der Waals surface area contributed by atoms with Gasteiger partial charge in [-0.15, -0.1) is 0 Å². The van der Waals surface area contributed by atoms with Gasteiger partial charge in [0.05, 0.1) is 0 Å². The maximum Gasteiger partial charge on any atom is 0.229 e. The van der Waals surface area contributed by atoms with Crippen molar-refractivity contribution in [2.24, 2.45) is 11.8 Å². The molecule has 4 nitrogen and oxygen atoms in total. The lowest BCUT2D eigenvalue weighted by molar-refractivity contribution is -0.123. The Balaban J connectivity index is 0.000000200. The molecular weight excluding hydrogens is 240 g/mol. The van der Waals surface area contributed by atoms with Crippen molar-refractivity contribution in [3.05, 3.63) is 11.7 Å². The number of carbonyl (C=O) groups is 1. The van der Waals surface area contributed by atoms with E-state index in [1.165, 1.54) is 0 Å². The Morgan fingerprint density at radius 2 is 1.68 bits per heavy atom. The van der Waals surface area contributed by atoms with Crippen LogP contribution in [0, 0.1) is 11.8 Å². The van der Waals surface area contributed by atoms with Gasteiger partial charge in [-0.1, -0.05) is 46.7 Å². The largest absolute Gasteiger partial charge is 0.339 e. The molecule has 19 heavy (non-hydrogen) atoms. The first-order valence-electron chi connectivity index (χ1n) is 7.20. The molecule has 0 saturated heterocycles. The van der Waals surface area contributed by atoms with Crippen molar-refractivity contribution in [1.29, 1.82) is 0 Å². The molecule has 0 N–H and O–H groups in total. The predicted molar refractivity (Wildman–Crippen MR) is 75.0 cm³/mol. The normalized spacial score (nSPS) is 14.8. The summed E-state index contributed by atoms with van der Waals surface area (Å²) in [7, 11) is 0. The molecule has 0 radical (unpaired) electrons. The third kappa shape index (κ3) is 5.13. The van der Waals surface area contributed by atoms with Crippen molar-refractivity contribution in [3.8, 4) is 0 Å². The van der Waals surface area contributed by atoms with E-state index in [9.17, 15) is 4.79 Å². The summed E-state index contributed by atoms with van der Waals surface area (Å²) in [6.45, 7) is 12.1. The number of hydrogen-bond donors (Lipinski definition) is 0. The van der Waals surface area contributed by atoms with Gasteiger partial charge in [0.2, 0.25) is 5.89 Å². The molecule has 0 amide bonds. The van der Waals surface area contributed by atoms with Crippen LogP contribution in [0.5, 0.6) is 0 Å². The number of aromatic nitrogens is 2. The van der Waals surface area contributed by atoms with Gasteiger partial charge in [-0.2, -0.15) is 4.98 Å². The highest BCUT2D eigenvalue weighted by Gasteiger charge is 2.30. The fourth-order valence-electron chi connectivity index (χ4n) is 1.56. The van der Waals surface area contributed by atoms with Gasteiger partial charge in [-0.05, 0) is 12.8 Å². The van der Waals surface area contributed by atoms with E-state index in [1.807, 2.05) is 27.7 Å². The van der Waals surface area contributed by atoms with Crippen LogP contribution in [0.3, 0.4) is 0 Å². The van der Waals surface area contributed by atoms with Crippen molar-refractivity contribution < 1.29 is 9.32 Å². The van der Waals surface area contributed by atoms with Crippen LogP contribution in [-0.4, -0.2) is 15.9 Å². The summed E-state index contributed by atoms with van der Waals surface area (Å²) in [5, 5.41) is 3.85. The number of ketones is 1. The predicted octanol–water partition coefficient (Wildman–Crippen LogP) is 3.94. The van der Waals surface area contributed by atoms with E-state index in [0.717, 1.165) is 24.6 Å². The van der Waals surface area contributed by atoms with Gasteiger partial charge in [0.1, 0.15) is 5.78 Å². The second-order valence-electron chi connectivity index (χ2n) is 6.13. The van der Waals surface area contributed by atoms with Gasteiger partial charge in [0.15, 0.2) is 5.82 Å². The number of rotatable bonds is 4. The molecule has 0 unspecified atom stereocenters. The molecule has 0 atom stereocenters. The fraction of sp³-hybridized carbons (Fsp3) is 0.800. The average Bonchev–Trinajstić information content (AvgIpc) is 3.04. The van der Waals surface area contributed by atoms with Gasteiger partial charge >= 0.3 is 0 Å². The second-order valence-corrected chi connectivity index (χ2v) is 6.13. The summed E-state index contributed by atoms with van der Waals surface area (Å²) in [4.78, 5) is 15.1. The summed E-state index contributed by atoms with van der Waals surface area (Å²) in [6, 6.07) is 0. The zero-order chi connectivity index (χ0) is 14.6. The molecule has 1 heterocycles. The molecule has 1 aromatic heterocycles. The Morgan fingerprint density at radius 1 is 1.11 bits per heavy atom.